The Morgan fingerprint density at radius 2 is 1.91 bits per heavy atom. The van der Waals surface area contributed by atoms with E-state index in [1.165, 1.54) is 31.4 Å². The van der Waals surface area contributed by atoms with E-state index in [1.807, 2.05) is 24.3 Å². The Kier molecular flexibility index (Phi) is 7.54. The van der Waals surface area contributed by atoms with E-state index < -0.39 is 10.9 Å². The van der Waals surface area contributed by atoms with Gasteiger partial charge >= 0.3 is 5.97 Å². The standard InChI is InChI=1S/C24H15Br2ClN2O6/c1-33-21-10-13(8-17(26)22(21)34-12-15-4-2-3-5-16(15)25)9-19-24(30)35-23(28-19)14-6-7-18(27)20(11-14)29(31)32/h2-11H,12H2,1H3/b19-9-. The number of methoxy groups -OCH3 is 1. The van der Waals surface area contributed by atoms with E-state index >= 15 is 0 Å². The number of benzene rings is 3. The minimum atomic E-state index is -0.693. The predicted octanol–water partition coefficient (Wildman–Crippen LogP) is 6.71. The van der Waals surface area contributed by atoms with Crippen LogP contribution in [0.5, 0.6) is 11.5 Å². The average Bonchev–Trinajstić information content (AvgIpc) is 3.19. The van der Waals surface area contributed by atoms with Crippen LogP contribution in [0.2, 0.25) is 5.02 Å². The third-order valence-electron chi connectivity index (χ3n) is 4.90. The number of cyclic esters (lactones) is 1. The lowest BCUT2D eigenvalue weighted by Gasteiger charge is -2.14. The molecule has 3 aromatic carbocycles. The second-order valence-corrected chi connectivity index (χ2v) is 9.29. The number of halogens is 3. The summed E-state index contributed by atoms with van der Waals surface area (Å²) in [7, 11) is 1.51. The molecular formula is C24H15Br2ClN2O6. The van der Waals surface area contributed by atoms with Crippen molar-refractivity contribution in [3.8, 4) is 11.5 Å². The largest absolute Gasteiger partial charge is 0.493 e. The first-order valence-electron chi connectivity index (χ1n) is 9.97. The third-order valence-corrected chi connectivity index (χ3v) is 6.58. The van der Waals surface area contributed by atoms with Gasteiger partial charge in [-0.15, -0.1) is 0 Å². The molecule has 0 unspecified atom stereocenters. The van der Waals surface area contributed by atoms with Crippen molar-refractivity contribution in [2.75, 3.05) is 7.11 Å². The summed E-state index contributed by atoms with van der Waals surface area (Å²) in [5, 5.41) is 11.1. The Morgan fingerprint density at radius 3 is 2.63 bits per heavy atom. The number of esters is 1. The molecule has 1 aliphatic heterocycles. The third kappa shape index (κ3) is 5.55. The molecule has 35 heavy (non-hydrogen) atoms. The minimum Gasteiger partial charge on any atom is -0.493 e. The lowest BCUT2D eigenvalue weighted by atomic mass is 10.1. The Morgan fingerprint density at radius 1 is 1.14 bits per heavy atom. The Bertz CT molecular complexity index is 1410. The molecule has 3 aromatic rings. The van der Waals surface area contributed by atoms with Crippen LogP contribution in [0.15, 0.2) is 74.2 Å². The number of aliphatic imine (C=N–C) groups is 1. The fourth-order valence-corrected chi connectivity index (χ4v) is 4.36. The van der Waals surface area contributed by atoms with Gasteiger partial charge in [-0.1, -0.05) is 45.7 Å². The molecule has 0 amide bonds. The summed E-state index contributed by atoms with van der Waals surface area (Å²) in [6.45, 7) is 0.310. The summed E-state index contributed by atoms with van der Waals surface area (Å²) in [5.41, 5.74) is 1.53. The van der Waals surface area contributed by atoms with Crippen LogP contribution in [0.3, 0.4) is 0 Å². The maximum atomic E-state index is 12.4. The molecule has 0 aromatic heterocycles. The molecule has 8 nitrogen and oxygen atoms in total. The molecule has 0 radical (unpaired) electrons. The monoisotopic (exact) mass is 620 g/mol. The number of carbonyl (C=O) groups is 1. The average molecular weight is 623 g/mol. The molecule has 0 atom stereocenters. The lowest BCUT2D eigenvalue weighted by Crippen LogP contribution is -2.06. The van der Waals surface area contributed by atoms with Gasteiger partial charge in [0.15, 0.2) is 17.2 Å². The van der Waals surface area contributed by atoms with Gasteiger partial charge in [-0.2, -0.15) is 0 Å². The molecule has 0 aliphatic carbocycles. The van der Waals surface area contributed by atoms with Gasteiger partial charge in [-0.25, -0.2) is 9.79 Å². The molecular weight excluding hydrogens is 608 g/mol. The van der Waals surface area contributed by atoms with Crippen molar-refractivity contribution in [2.24, 2.45) is 4.99 Å². The zero-order valence-electron chi connectivity index (χ0n) is 18.0. The molecule has 11 heteroatoms. The molecule has 0 bridgehead atoms. The van der Waals surface area contributed by atoms with Crippen LogP contribution in [0.4, 0.5) is 5.69 Å². The SMILES string of the molecule is COc1cc(/C=C2\N=C(c3ccc(Cl)c([N+](=O)[O-])c3)OC2=O)cc(Br)c1OCc1ccccc1Br. The lowest BCUT2D eigenvalue weighted by molar-refractivity contribution is -0.384. The van der Waals surface area contributed by atoms with Crippen LogP contribution in [0.25, 0.3) is 6.08 Å². The van der Waals surface area contributed by atoms with Gasteiger partial charge in [0.25, 0.3) is 5.69 Å². The first-order valence-corrected chi connectivity index (χ1v) is 11.9. The highest BCUT2D eigenvalue weighted by Gasteiger charge is 2.26. The number of carbonyl (C=O) groups excluding carboxylic acids is 1. The number of nitro groups is 1. The van der Waals surface area contributed by atoms with E-state index in [-0.39, 0.29) is 27.9 Å². The van der Waals surface area contributed by atoms with Crippen molar-refractivity contribution in [3.63, 3.8) is 0 Å². The number of ether oxygens (including phenoxy) is 3. The second kappa shape index (κ2) is 10.6. The maximum Gasteiger partial charge on any atom is 0.363 e. The van der Waals surface area contributed by atoms with Crippen molar-refractivity contribution in [1.82, 2.24) is 0 Å². The van der Waals surface area contributed by atoms with Crippen LogP contribution < -0.4 is 9.47 Å². The number of nitro benzene ring substituents is 1. The van der Waals surface area contributed by atoms with Gasteiger partial charge in [0.1, 0.15) is 11.6 Å². The van der Waals surface area contributed by atoms with Gasteiger partial charge in [0, 0.05) is 21.7 Å². The number of hydrogen-bond donors (Lipinski definition) is 0. The van der Waals surface area contributed by atoms with Crippen molar-refractivity contribution in [1.29, 1.82) is 0 Å². The molecule has 1 aliphatic rings. The van der Waals surface area contributed by atoms with Crippen molar-refractivity contribution in [2.45, 2.75) is 6.61 Å². The normalized spacial score (nSPS) is 14.0. The summed E-state index contributed by atoms with van der Waals surface area (Å²) in [5.74, 6) is 0.196. The van der Waals surface area contributed by atoms with Gasteiger partial charge in [0.05, 0.1) is 16.5 Å². The first-order chi connectivity index (χ1) is 16.8. The van der Waals surface area contributed by atoms with Crippen LogP contribution in [0.1, 0.15) is 16.7 Å². The second-order valence-electron chi connectivity index (χ2n) is 7.17. The van der Waals surface area contributed by atoms with Crippen molar-refractivity contribution >= 4 is 67.1 Å². The summed E-state index contributed by atoms with van der Waals surface area (Å²) in [4.78, 5) is 27.1. The predicted molar refractivity (Wildman–Crippen MR) is 138 cm³/mol. The number of rotatable bonds is 7. The Balaban J connectivity index is 1.61. The highest BCUT2D eigenvalue weighted by molar-refractivity contribution is 9.10. The van der Waals surface area contributed by atoms with Crippen molar-refractivity contribution < 1.29 is 23.9 Å². The fraction of sp³-hybridized carbons (Fsp3) is 0.0833. The minimum absolute atomic E-state index is 0.0217. The zero-order valence-corrected chi connectivity index (χ0v) is 21.9. The molecule has 0 spiro atoms. The van der Waals surface area contributed by atoms with Crippen LogP contribution >= 0.6 is 43.5 Å². The van der Waals surface area contributed by atoms with E-state index in [4.69, 9.17) is 25.8 Å². The van der Waals surface area contributed by atoms with Gasteiger partial charge in [0.2, 0.25) is 5.90 Å². The van der Waals surface area contributed by atoms with Crippen LogP contribution in [-0.2, 0) is 16.1 Å². The molecule has 1 heterocycles. The molecule has 178 valence electrons. The van der Waals surface area contributed by atoms with E-state index in [0.717, 1.165) is 10.0 Å². The highest BCUT2D eigenvalue weighted by atomic mass is 79.9. The van der Waals surface area contributed by atoms with E-state index in [2.05, 4.69) is 36.9 Å². The van der Waals surface area contributed by atoms with Crippen LogP contribution in [-0.4, -0.2) is 23.9 Å². The molecule has 0 saturated heterocycles. The molecule has 4 rings (SSSR count). The summed E-state index contributed by atoms with van der Waals surface area (Å²) >= 11 is 12.9. The maximum absolute atomic E-state index is 12.4. The molecule has 0 fully saturated rings. The van der Waals surface area contributed by atoms with E-state index in [9.17, 15) is 14.9 Å². The summed E-state index contributed by atoms with van der Waals surface area (Å²) in [6, 6.07) is 15.2. The van der Waals surface area contributed by atoms with E-state index in [1.54, 1.807) is 12.1 Å². The smallest absolute Gasteiger partial charge is 0.363 e. The van der Waals surface area contributed by atoms with Gasteiger partial charge in [-0.05, 0) is 57.9 Å². The first kappa shape index (κ1) is 24.9. The van der Waals surface area contributed by atoms with Gasteiger partial charge < -0.3 is 14.2 Å². The zero-order chi connectivity index (χ0) is 25.1. The van der Waals surface area contributed by atoms with E-state index in [0.29, 0.717) is 28.1 Å². The Hall–Kier alpha value is -3.21. The fourth-order valence-electron chi connectivity index (χ4n) is 3.20. The highest BCUT2D eigenvalue weighted by Crippen LogP contribution is 2.38. The summed E-state index contributed by atoms with van der Waals surface area (Å²) < 4.78 is 18.2. The number of nitrogens with zero attached hydrogens (tertiary/aromatic N) is 2. The summed E-state index contributed by atoms with van der Waals surface area (Å²) in [6.07, 6.45) is 1.52. The van der Waals surface area contributed by atoms with Crippen LogP contribution in [0, 0.1) is 10.1 Å². The van der Waals surface area contributed by atoms with Gasteiger partial charge in [-0.3, -0.25) is 10.1 Å². The topological polar surface area (TPSA) is 100 Å². The Labute approximate surface area is 221 Å². The molecule has 0 saturated carbocycles. The van der Waals surface area contributed by atoms with Crippen molar-refractivity contribution in [3.05, 3.63) is 101 Å². The molecule has 0 N–H and O–H groups in total. The quantitative estimate of drug-likeness (QED) is 0.126. The number of hydrogen-bond acceptors (Lipinski definition) is 7.